The number of ether oxygens (including phenoxy) is 2. The number of carbonyl (C=O) groups is 1. The van der Waals surface area contributed by atoms with Gasteiger partial charge in [0, 0.05) is 27.2 Å². The summed E-state index contributed by atoms with van der Waals surface area (Å²) in [6.45, 7) is 0.971. The fraction of sp³-hybridized carbons (Fsp3) is 0.389. The summed E-state index contributed by atoms with van der Waals surface area (Å²) < 4.78 is 67.1. The van der Waals surface area contributed by atoms with Gasteiger partial charge in [0.25, 0.3) is 10.0 Å². The summed E-state index contributed by atoms with van der Waals surface area (Å²) in [5.41, 5.74) is 0.156. The maximum Gasteiger partial charge on any atom is 0.338 e. The summed E-state index contributed by atoms with van der Waals surface area (Å²) in [6, 6.07) is 8.09. The Morgan fingerprint density at radius 2 is 1.67 bits per heavy atom. The Hall–Kier alpha value is -2.25. The van der Waals surface area contributed by atoms with E-state index >= 15 is 0 Å². The summed E-state index contributed by atoms with van der Waals surface area (Å²) in [6.07, 6.45) is 0. The third kappa shape index (κ3) is 4.73. The first-order valence-electron chi connectivity index (χ1n) is 8.99. The lowest BCUT2D eigenvalue weighted by molar-refractivity contribution is 0.0440. The van der Waals surface area contributed by atoms with Crippen molar-refractivity contribution < 1.29 is 35.5 Å². The standard InChI is InChI=1S/C18H22N2O8S2/c1-19(2)30(24,25)17-8-5-15(28-17)13-27-18(21)14-3-6-16(7-4-14)29(22,23)20-9-11-26-12-10-20/h3-8H,9-13H2,1-2H3. The predicted octanol–water partition coefficient (Wildman–Crippen LogP) is 0.908. The first-order chi connectivity index (χ1) is 14.1. The molecule has 0 radical (unpaired) electrons. The molecule has 0 amide bonds. The normalized spacial score (nSPS) is 16.0. The minimum absolute atomic E-state index is 0.0746. The van der Waals surface area contributed by atoms with Gasteiger partial charge in [0.05, 0.1) is 23.7 Å². The van der Waals surface area contributed by atoms with Crippen molar-refractivity contribution in [2.24, 2.45) is 0 Å². The SMILES string of the molecule is CN(C)S(=O)(=O)c1ccc(COC(=O)c2ccc(S(=O)(=O)N3CCOCC3)cc2)o1. The van der Waals surface area contributed by atoms with Crippen molar-refractivity contribution >= 4 is 26.0 Å². The van der Waals surface area contributed by atoms with E-state index in [-0.39, 0.29) is 41.0 Å². The lowest BCUT2D eigenvalue weighted by Gasteiger charge is -2.26. The molecule has 12 heteroatoms. The van der Waals surface area contributed by atoms with E-state index in [0.29, 0.717) is 13.2 Å². The van der Waals surface area contributed by atoms with Gasteiger partial charge >= 0.3 is 5.97 Å². The highest BCUT2D eigenvalue weighted by atomic mass is 32.2. The lowest BCUT2D eigenvalue weighted by atomic mass is 10.2. The number of benzene rings is 1. The van der Waals surface area contributed by atoms with Crippen LogP contribution in [0, 0.1) is 0 Å². The van der Waals surface area contributed by atoms with E-state index in [9.17, 15) is 21.6 Å². The number of sulfonamides is 2. The second-order valence-electron chi connectivity index (χ2n) is 6.63. The molecule has 2 heterocycles. The van der Waals surface area contributed by atoms with Crippen LogP contribution in [-0.4, -0.2) is 71.8 Å². The van der Waals surface area contributed by atoms with Crippen LogP contribution in [-0.2, 0) is 36.1 Å². The number of morpholine rings is 1. The second-order valence-corrected chi connectivity index (χ2v) is 10.6. The third-order valence-corrected chi connectivity index (χ3v) is 8.02. The fourth-order valence-corrected chi connectivity index (χ4v) is 4.89. The van der Waals surface area contributed by atoms with Crippen LogP contribution in [0.3, 0.4) is 0 Å². The van der Waals surface area contributed by atoms with E-state index in [1.807, 2.05) is 0 Å². The molecule has 1 aromatic carbocycles. The molecule has 1 fully saturated rings. The number of hydrogen-bond donors (Lipinski definition) is 0. The molecular weight excluding hydrogens is 436 g/mol. The van der Waals surface area contributed by atoms with Gasteiger partial charge in [-0.3, -0.25) is 0 Å². The van der Waals surface area contributed by atoms with Crippen molar-refractivity contribution in [3.05, 3.63) is 47.7 Å². The number of hydrogen-bond acceptors (Lipinski definition) is 8. The minimum atomic E-state index is -3.72. The van der Waals surface area contributed by atoms with Gasteiger partial charge in [0.2, 0.25) is 15.1 Å². The molecule has 3 rings (SSSR count). The fourth-order valence-electron chi connectivity index (χ4n) is 2.67. The summed E-state index contributed by atoms with van der Waals surface area (Å²) >= 11 is 0. The van der Waals surface area contributed by atoms with Gasteiger partial charge in [0.15, 0.2) is 0 Å². The maximum absolute atomic E-state index is 12.6. The molecule has 164 valence electrons. The van der Waals surface area contributed by atoms with Crippen LogP contribution in [0.5, 0.6) is 0 Å². The largest absolute Gasteiger partial charge is 0.454 e. The van der Waals surface area contributed by atoms with Gasteiger partial charge in [-0.1, -0.05) is 0 Å². The number of esters is 1. The van der Waals surface area contributed by atoms with Gasteiger partial charge < -0.3 is 13.9 Å². The highest BCUT2D eigenvalue weighted by Crippen LogP contribution is 2.20. The van der Waals surface area contributed by atoms with Crippen LogP contribution in [0.15, 0.2) is 50.8 Å². The predicted molar refractivity (Wildman–Crippen MR) is 105 cm³/mol. The van der Waals surface area contributed by atoms with Gasteiger partial charge in [0.1, 0.15) is 12.4 Å². The van der Waals surface area contributed by atoms with Crippen LogP contribution < -0.4 is 0 Å². The topological polar surface area (TPSA) is 123 Å². The molecule has 1 aromatic heterocycles. The Labute approximate surface area is 175 Å². The summed E-state index contributed by atoms with van der Waals surface area (Å²) in [5, 5.41) is -0.253. The Kier molecular flexibility index (Phi) is 6.62. The quantitative estimate of drug-likeness (QED) is 0.561. The molecule has 0 bridgehead atoms. The maximum atomic E-state index is 12.6. The van der Waals surface area contributed by atoms with E-state index in [4.69, 9.17) is 13.9 Å². The van der Waals surface area contributed by atoms with Gasteiger partial charge in [-0.15, -0.1) is 0 Å². The van der Waals surface area contributed by atoms with Crippen molar-refractivity contribution in [1.29, 1.82) is 0 Å². The van der Waals surface area contributed by atoms with Crippen LogP contribution in [0.1, 0.15) is 16.1 Å². The molecule has 1 aliphatic rings. The molecule has 0 aliphatic carbocycles. The zero-order chi connectivity index (χ0) is 21.9. The van der Waals surface area contributed by atoms with Crippen molar-refractivity contribution in [2.75, 3.05) is 40.4 Å². The van der Waals surface area contributed by atoms with Crippen LogP contribution in [0.25, 0.3) is 0 Å². The van der Waals surface area contributed by atoms with Crippen LogP contribution >= 0.6 is 0 Å². The number of furan rings is 1. The van der Waals surface area contributed by atoms with E-state index in [1.165, 1.54) is 54.8 Å². The molecular formula is C18H22N2O8S2. The Morgan fingerprint density at radius 1 is 1.03 bits per heavy atom. The molecule has 30 heavy (non-hydrogen) atoms. The third-order valence-electron chi connectivity index (χ3n) is 4.42. The smallest absolute Gasteiger partial charge is 0.338 e. The summed E-state index contributed by atoms with van der Waals surface area (Å²) in [5.74, 6) is -0.533. The molecule has 0 saturated carbocycles. The second kappa shape index (κ2) is 8.86. The molecule has 10 nitrogen and oxygen atoms in total. The van der Waals surface area contributed by atoms with Crippen LogP contribution in [0.2, 0.25) is 0 Å². The molecule has 1 saturated heterocycles. The van der Waals surface area contributed by atoms with E-state index in [0.717, 1.165) is 4.31 Å². The number of nitrogens with zero attached hydrogens (tertiary/aromatic N) is 2. The molecule has 0 N–H and O–H groups in total. The Morgan fingerprint density at radius 3 is 2.27 bits per heavy atom. The minimum Gasteiger partial charge on any atom is -0.454 e. The molecule has 2 aromatic rings. The highest BCUT2D eigenvalue weighted by Gasteiger charge is 2.26. The lowest BCUT2D eigenvalue weighted by Crippen LogP contribution is -2.40. The summed E-state index contributed by atoms with van der Waals surface area (Å²) in [7, 11) is -4.62. The van der Waals surface area contributed by atoms with Gasteiger partial charge in [-0.2, -0.15) is 4.31 Å². The average Bonchev–Trinajstić information content (AvgIpc) is 3.22. The molecule has 0 atom stereocenters. The Balaban J connectivity index is 1.63. The first kappa shape index (κ1) is 22.4. The van der Waals surface area contributed by atoms with E-state index in [2.05, 4.69) is 0 Å². The monoisotopic (exact) mass is 458 g/mol. The van der Waals surface area contributed by atoms with Gasteiger partial charge in [-0.25, -0.2) is 25.9 Å². The van der Waals surface area contributed by atoms with Gasteiger partial charge in [-0.05, 0) is 36.4 Å². The van der Waals surface area contributed by atoms with Crippen LogP contribution in [0.4, 0.5) is 0 Å². The average molecular weight is 459 g/mol. The molecule has 0 spiro atoms. The number of carbonyl (C=O) groups excluding carboxylic acids is 1. The van der Waals surface area contributed by atoms with E-state index in [1.54, 1.807) is 0 Å². The Bertz CT molecular complexity index is 1100. The zero-order valence-corrected chi connectivity index (χ0v) is 18.1. The van der Waals surface area contributed by atoms with Crippen molar-refractivity contribution in [3.63, 3.8) is 0 Å². The highest BCUT2D eigenvalue weighted by molar-refractivity contribution is 7.89. The summed E-state index contributed by atoms with van der Waals surface area (Å²) in [4.78, 5) is 12.3. The number of rotatable bonds is 7. The molecule has 1 aliphatic heterocycles. The molecule has 0 unspecified atom stereocenters. The first-order valence-corrected chi connectivity index (χ1v) is 11.9. The van der Waals surface area contributed by atoms with E-state index < -0.39 is 26.0 Å². The van der Waals surface area contributed by atoms with Crippen molar-refractivity contribution in [3.8, 4) is 0 Å². The van der Waals surface area contributed by atoms with Crippen molar-refractivity contribution in [1.82, 2.24) is 8.61 Å². The zero-order valence-electron chi connectivity index (χ0n) is 16.5. The van der Waals surface area contributed by atoms with Crippen molar-refractivity contribution in [2.45, 2.75) is 16.6 Å².